The van der Waals surface area contributed by atoms with E-state index in [1.54, 1.807) is 6.92 Å². The molecule has 0 N–H and O–H groups in total. The number of amides is 2. The summed E-state index contributed by atoms with van der Waals surface area (Å²) >= 11 is 0. The highest BCUT2D eigenvalue weighted by atomic mass is 16.2. The highest BCUT2D eigenvalue weighted by molar-refractivity contribution is 5.76. The number of aromatic nitrogens is 2. The molecule has 1 aromatic heterocycles. The van der Waals surface area contributed by atoms with Gasteiger partial charge < -0.3 is 9.80 Å². The molecular weight excluding hydrogens is 292 g/mol. The summed E-state index contributed by atoms with van der Waals surface area (Å²) in [5.41, 5.74) is 2.07. The Hall–Kier alpha value is -1.98. The van der Waals surface area contributed by atoms with Gasteiger partial charge in [0.1, 0.15) is 0 Å². The molecule has 6 nitrogen and oxygen atoms in total. The maximum Gasteiger partial charge on any atom is 0.222 e. The molecule has 1 fully saturated rings. The first-order valence-electron chi connectivity index (χ1n) is 8.49. The molecule has 6 heteroatoms. The van der Waals surface area contributed by atoms with Crippen molar-refractivity contribution in [2.24, 2.45) is 0 Å². The zero-order valence-corrected chi connectivity index (χ0v) is 13.9. The van der Waals surface area contributed by atoms with E-state index in [-0.39, 0.29) is 17.9 Å². The molecule has 0 aliphatic carbocycles. The molecule has 0 bridgehead atoms. The maximum absolute atomic E-state index is 12.0. The number of carbonyl (C=O) groups is 2. The third-order valence-corrected chi connectivity index (χ3v) is 4.72. The van der Waals surface area contributed by atoms with Crippen LogP contribution in [-0.4, -0.2) is 44.7 Å². The summed E-state index contributed by atoms with van der Waals surface area (Å²) in [4.78, 5) is 36.8. The lowest BCUT2D eigenvalue weighted by Gasteiger charge is -2.29. The number of fused-ring (bicyclic) bond motifs is 1. The van der Waals surface area contributed by atoms with Crippen molar-refractivity contribution in [3.05, 3.63) is 23.3 Å². The van der Waals surface area contributed by atoms with Gasteiger partial charge in [0.05, 0.1) is 11.7 Å². The van der Waals surface area contributed by atoms with Gasteiger partial charge in [0.2, 0.25) is 11.8 Å². The third kappa shape index (κ3) is 3.21. The number of nitrogens with zero attached hydrogens (tertiary/aromatic N) is 4. The van der Waals surface area contributed by atoms with Crippen LogP contribution in [-0.2, 0) is 22.6 Å². The summed E-state index contributed by atoms with van der Waals surface area (Å²) in [6, 6.07) is 0.0116. The largest absolute Gasteiger partial charge is 0.338 e. The first kappa shape index (κ1) is 15.9. The Kier molecular flexibility index (Phi) is 4.59. The van der Waals surface area contributed by atoms with Crippen molar-refractivity contribution >= 4 is 11.8 Å². The highest BCUT2D eigenvalue weighted by Gasteiger charge is 2.31. The van der Waals surface area contributed by atoms with E-state index in [2.05, 4.69) is 4.98 Å². The van der Waals surface area contributed by atoms with Crippen LogP contribution in [0.5, 0.6) is 0 Å². The average Bonchev–Trinajstić information content (AvgIpc) is 3.04. The van der Waals surface area contributed by atoms with Crippen molar-refractivity contribution in [1.29, 1.82) is 0 Å². The number of hydrogen-bond acceptors (Lipinski definition) is 4. The minimum atomic E-state index is 0.0116. The molecule has 1 aromatic rings. The second kappa shape index (κ2) is 6.64. The second-order valence-electron chi connectivity index (χ2n) is 6.39. The predicted molar refractivity (Wildman–Crippen MR) is 85.4 cm³/mol. The standard InChI is InChI=1S/C17H24N4O2/c1-3-5-16(23)20-9-7-14-13(11-20)10-18-17(19-14)15-6-4-8-21(15)12(2)22/h10,15H,3-9,11H2,1-2H3/t15-/m0/s1. The van der Waals surface area contributed by atoms with Gasteiger partial charge in [-0.15, -0.1) is 0 Å². The summed E-state index contributed by atoms with van der Waals surface area (Å²) in [7, 11) is 0. The van der Waals surface area contributed by atoms with E-state index in [0.29, 0.717) is 13.0 Å². The van der Waals surface area contributed by atoms with Gasteiger partial charge in [-0.1, -0.05) is 6.92 Å². The number of carbonyl (C=O) groups excluding carboxylic acids is 2. The minimum Gasteiger partial charge on any atom is -0.338 e. The lowest BCUT2D eigenvalue weighted by atomic mass is 10.1. The maximum atomic E-state index is 12.0. The third-order valence-electron chi connectivity index (χ3n) is 4.72. The SMILES string of the molecule is CCCC(=O)N1CCc2nc([C@@H]3CCCN3C(C)=O)ncc2C1. The summed E-state index contributed by atoms with van der Waals surface area (Å²) in [5, 5.41) is 0. The van der Waals surface area contributed by atoms with E-state index >= 15 is 0 Å². The Morgan fingerprint density at radius 3 is 2.91 bits per heavy atom. The molecular formula is C17H24N4O2. The Balaban J connectivity index is 1.77. The smallest absolute Gasteiger partial charge is 0.222 e. The Bertz CT molecular complexity index is 617. The van der Waals surface area contributed by atoms with E-state index in [4.69, 9.17) is 4.98 Å². The van der Waals surface area contributed by atoms with Gasteiger partial charge in [-0.3, -0.25) is 9.59 Å². The molecule has 2 amide bonds. The molecule has 1 saturated heterocycles. The number of hydrogen-bond donors (Lipinski definition) is 0. The average molecular weight is 316 g/mol. The summed E-state index contributed by atoms with van der Waals surface area (Å²) < 4.78 is 0. The monoisotopic (exact) mass is 316 g/mol. The summed E-state index contributed by atoms with van der Waals surface area (Å²) in [6.07, 6.45) is 6.03. The van der Waals surface area contributed by atoms with Crippen LogP contribution in [0.2, 0.25) is 0 Å². The highest BCUT2D eigenvalue weighted by Crippen LogP contribution is 2.30. The fourth-order valence-electron chi connectivity index (χ4n) is 3.49. The molecule has 124 valence electrons. The quantitative estimate of drug-likeness (QED) is 0.853. The molecule has 0 saturated carbocycles. The Labute approximate surface area is 136 Å². The molecule has 3 rings (SSSR count). The molecule has 1 atom stereocenters. The fraction of sp³-hybridized carbons (Fsp3) is 0.647. The van der Waals surface area contributed by atoms with Crippen molar-refractivity contribution in [2.45, 2.75) is 58.5 Å². The normalized spacial score (nSPS) is 20.5. The topological polar surface area (TPSA) is 66.4 Å². The molecule has 2 aliphatic heterocycles. The van der Waals surface area contributed by atoms with Gasteiger partial charge >= 0.3 is 0 Å². The molecule has 0 radical (unpaired) electrons. The second-order valence-corrected chi connectivity index (χ2v) is 6.39. The van der Waals surface area contributed by atoms with Gasteiger partial charge in [0.15, 0.2) is 5.82 Å². The van der Waals surface area contributed by atoms with Crippen molar-refractivity contribution in [1.82, 2.24) is 19.8 Å². The molecule has 0 spiro atoms. The Morgan fingerprint density at radius 1 is 1.35 bits per heavy atom. The predicted octanol–water partition coefficient (Wildman–Crippen LogP) is 1.84. The van der Waals surface area contributed by atoms with Crippen LogP contribution >= 0.6 is 0 Å². The van der Waals surface area contributed by atoms with E-state index in [1.165, 1.54) is 0 Å². The summed E-state index contributed by atoms with van der Waals surface area (Å²) in [6.45, 7) is 5.75. The van der Waals surface area contributed by atoms with Gasteiger partial charge in [-0.25, -0.2) is 9.97 Å². The van der Waals surface area contributed by atoms with E-state index < -0.39 is 0 Å². The van der Waals surface area contributed by atoms with Crippen LogP contribution in [0.4, 0.5) is 0 Å². The van der Waals surface area contributed by atoms with E-state index in [9.17, 15) is 9.59 Å². The number of rotatable bonds is 3. The van der Waals surface area contributed by atoms with Gasteiger partial charge in [0.25, 0.3) is 0 Å². The van der Waals surface area contributed by atoms with Gasteiger partial charge in [0, 0.05) is 51.2 Å². The van der Waals surface area contributed by atoms with Crippen LogP contribution in [0.3, 0.4) is 0 Å². The van der Waals surface area contributed by atoms with Crippen molar-refractivity contribution in [3.63, 3.8) is 0 Å². The van der Waals surface area contributed by atoms with Crippen molar-refractivity contribution < 1.29 is 9.59 Å². The zero-order chi connectivity index (χ0) is 16.4. The lowest BCUT2D eigenvalue weighted by molar-refractivity contribution is -0.132. The van der Waals surface area contributed by atoms with Gasteiger partial charge in [-0.05, 0) is 19.3 Å². The van der Waals surface area contributed by atoms with Crippen molar-refractivity contribution in [3.8, 4) is 0 Å². The number of likely N-dealkylation sites (tertiary alicyclic amines) is 1. The van der Waals surface area contributed by atoms with Crippen LogP contribution in [0.15, 0.2) is 6.20 Å². The van der Waals surface area contributed by atoms with Gasteiger partial charge in [-0.2, -0.15) is 0 Å². The fourth-order valence-corrected chi connectivity index (χ4v) is 3.49. The lowest BCUT2D eigenvalue weighted by Crippen LogP contribution is -2.37. The molecule has 3 heterocycles. The Morgan fingerprint density at radius 2 is 2.17 bits per heavy atom. The van der Waals surface area contributed by atoms with Crippen LogP contribution in [0.1, 0.15) is 62.7 Å². The first-order valence-corrected chi connectivity index (χ1v) is 8.49. The van der Waals surface area contributed by atoms with Crippen LogP contribution in [0.25, 0.3) is 0 Å². The molecule has 2 aliphatic rings. The van der Waals surface area contributed by atoms with Crippen molar-refractivity contribution in [2.75, 3.05) is 13.1 Å². The molecule has 0 aromatic carbocycles. The minimum absolute atomic E-state index is 0.0116. The first-order chi connectivity index (χ1) is 11.1. The summed E-state index contributed by atoms with van der Waals surface area (Å²) in [5.74, 6) is 1.05. The van der Waals surface area contributed by atoms with Crippen LogP contribution < -0.4 is 0 Å². The molecule has 0 unspecified atom stereocenters. The van der Waals surface area contributed by atoms with E-state index in [1.807, 2.05) is 22.9 Å². The van der Waals surface area contributed by atoms with Crippen LogP contribution in [0, 0.1) is 0 Å². The van der Waals surface area contributed by atoms with E-state index in [0.717, 1.165) is 55.9 Å². The zero-order valence-electron chi connectivity index (χ0n) is 13.9. The molecule has 23 heavy (non-hydrogen) atoms.